The molecule has 6 nitrogen and oxygen atoms in total. The molecule has 1 fully saturated rings. The predicted molar refractivity (Wildman–Crippen MR) is 95.9 cm³/mol. The van der Waals surface area contributed by atoms with Gasteiger partial charge in [-0.3, -0.25) is 19.3 Å². The first-order valence-corrected chi connectivity index (χ1v) is 8.41. The Bertz CT molecular complexity index is 871. The quantitative estimate of drug-likeness (QED) is 0.847. The Morgan fingerprint density at radius 3 is 2.76 bits per heavy atom. The van der Waals surface area contributed by atoms with E-state index in [1.54, 1.807) is 18.2 Å². The van der Waals surface area contributed by atoms with Gasteiger partial charge in [0.2, 0.25) is 5.91 Å². The van der Waals surface area contributed by atoms with Crippen LogP contribution in [0.2, 0.25) is 0 Å². The van der Waals surface area contributed by atoms with Crippen molar-refractivity contribution in [2.45, 2.75) is 13.8 Å². The first-order valence-electron chi connectivity index (χ1n) is 7.60. The molecule has 3 amide bonds. The zero-order chi connectivity index (χ0) is 18.0. The molecule has 0 spiro atoms. The van der Waals surface area contributed by atoms with Crippen LogP contribution in [-0.4, -0.2) is 28.5 Å². The van der Waals surface area contributed by atoms with Crippen molar-refractivity contribution < 1.29 is 18.8 Å². The second-order valence-electron chi connectivity index (χ2n) is 5.65. The Hall–Kier alpha value is -2.80. The minimum atomic E-state index is -0.498. The molecule has 128 valence electrons. The summed E-state index contributed by atoms with van der Waals surface area (Å²) in [7, 11) is 0. The molecule has 3 rings (SSSR count). The van der Waals surface area contributed by atoms with E-state index < -0.39 is 17.1 Å². The average molecular weight is 356 g/mol. The number of aryl methyl sites for hydroxylation is 2. The molecule has 7 heteroatoms. The highest BCUT2D eigenvalue weighted by Crippen LogP contribution is 2.32. The van der Waals surface area contributed by atoms with E-state index in [4.69, 9.17) is 4.42 Å². The maximum Gasteiger partial charge on any atom is 0.294 e. The Kier molecular flexibility index (Phi) is 4.76. The minimum absolute atomic E-state index is 0.235. The predicted octanol–water partition coefficient (Wildman–Crippen LogP) is 3.57. The number of hydrogen-bond donors (Lipinski definition) is 1. The van der Waals surface area contributed by atoms with Gasteiger partial charge in [0, 0.05) is 11.8 Å². The molecule has 0 saturated carbocycles. The highest BCUT2D eigenvalue weighted by molar-refractivity contribution is 8.18. The summed E-state index contributed by atoms with van der Waals surface area (Å²) in [5, 5.41) is 2.26. The molecule has 2 aromatic rings. The summed E-state index contributed by atoms with van der Waals surface area (Å²) in [5.41, 5.74) is 2.67. The molecule has 1 aromatic carbocycles. The number of amides is 3. The highest BCUT2D eigenvalue weighted by Gasteiger charge is 2.36. The lowest BCUT2D eigenvalue weighted by atomic mass is 10.1. The lowest BCUT2D eigenvalue weighted by Gasteiger charge is -2.13. The summed E-state index contributed by atoms with van der Waals surface area (Å²) in [4.78, 5) is 37.8. The van der Waals surface area contributed by atoms with Crippen LogP contribution < -0.4 is 5.32 Å². The lowest BCUT2D eigenvalue weighted by Crippen LogP contribution is -2.36. The number of nitrogens with one attached hydrogen (secondary N) is 1. The third kappa shape index (κ3) is 3.83. The number of benzene rings is 1. The zero-order valence-corrected chi connectivity index (χ0v) is 14.6. The first-order chi connectivity index (χ1) is 11.9. The van der Waals surface area contributed by atoms with Crippen LogP contribution in [0.1, 0.15) is 16.9 Å². The molecule has 1 aromatic heterocycles. The van der Waals surface area contributed by atoms with E-state index in [2.05, 4.69) is 5.32 Å². The van der Waals surface area contributed by atoms with E-state index in [-0.39, 0.29) is 11.4 Å². The van der Waals surface area contributed by atoms with Gasteiger partial charge in [-0.25, -0.2) is 0 Å². The van der Waals surface area contributed by atoms with E-state index in [1.165, 1.54) is 12.3 Å². The third-order valence-electron chi connectivity index (χ3n) is 3.65. The Morgan fingerprint density at radius 1 is 1.28 bits per heavy atom. The summed E-state index contributed by atoms with van der Waals surface area (Å²) in [6.07, 6.45) is 2.97. The highest BCUT2D eigenvalue weighted by atomic mass is 32.2. The van der Waals surface area contributed by atoms with Gasteiger partial charge in [0.15, 0.2) is 0 Å². The van der Waals surface area contributed by atoms with Gasteiger partial charge in [0.25, 0.3) is 11.1 Å². The molecule has 0 unspecified atom stereocenters. The maximum absolute atomic E-state index is 12.3. The summed E-state index contributed by atoms with van der Waals surface area (Å²) in [6, 6.07) is 9.00. The van der Waals surface area contributed by atoms with Gasteiger partial charge in [0.1, 0.15) is 12.3 Å². The number of carbonyl (C=O) groups excluding carboxylic acids is 3. The standard InChI is InChI=1S/C18H16N2O4S/c1-11-5-6-14(12(2)8-11)19-16(21)10-20-17(22)15(25-18(20)23)9-13-4-3-7-24-13/h3-9H,10H2,1-2H3,(H,19,21)/b15-9+. The van der Waals surface area contributed by atoms with E-state index in [9.17, 15) is 14.4 Å². The smallest absolute Gasteiger partial charge is 0.294 e. The number of rotatable bonds is 4. The molecule has 1 aliphatic heterocycles. The maximum atomic E-state index is 12.3. The average Bonchev–Trinajstić information content (AvgIpc) is 3.15. The van der Waals surface area contributed by atoms with Crippen molar-refractivity contribution in [1.82, 2.24) is 4.90 Å². The fraction of sp³-hybridized carbons (Fsp3) is 0.167. The molecule has 0 aliphatic carbocycles. The van der Waals surface area contributed by atoms with Gasteiger partial charge in [-0.05, 0) is 49.4 Å². The van der Waals surface area contributed by atoms with Gasteiger partial charge >= 0.3 is 0 Å². The second kappa shape index (κ2) is 6.98. The van der Waals surface area contributed by atoms with Crippen LogP contribution in [0.3, 0.4) is 0 Å². The van der Waals surface area contributed by atoms with Crippen LogP contribution in [0.5, 0.6) is 0 Å². The van der Waals surface area contributed by atoms with Gasteiger partial charge in [-0.2, -0.15) is 0 Å². The number of thioether (sulfide) groups is 1. The molecule has 1 N–H and O–H groups in total. The van der Waals surface area contributed by atoms with E-state index >= 15 is 0 Å². The van der Waals surface area contributed by atoms with Gasteiger partial charge in [0.05, 0.1) is 11.2 Å². The van der Waals surface area contributed by atoms with Crippen LogP contribution in [-0.2, 0) is 9.59 Å². The Labute approximate surface area is 148 Å². The third-order valence-corrected chi connectivity index (χ3v) is 4.56. The molecule has 0 atom stereocenters. The summed E-state index contributed by atoms with van der Waals surface area (Å²) >= 11 is 0.792. The Morgan fingerprint density at radius 2 is 2.08 bits per heavy atom. The van der Waals surface area contributed by atoms with Crippen LogP contribution in [0.4, 0.5) is 10.5 Å². The van der Waals surface area contributed by atoms with Crippen LogP contribution in [0.15, 0.2) is 45.9 Å². The number of nitrogens with zero attached hydrogens (tertiary/aromatic N) is 1. The topological polar surface area (TPSA) is 79.6 Å². The largest absolute Gasteiger partial charge is 0.465 e. The van der Waals surface area contributed by atoms with Gasteiger partial charge < -0.3 is 9.73 Å². The van der Waals surface area contributed by atoms with Crippen molar-refractivity contribution in [2.24, 2.45) is 0 Å². The molecule has 1 saturated heterocycles. The lowest BCUT2D eigenvalue weighted by molar-refractivity contribution is -0.127. The minimum Gasteiger partial charge on any atom is -0.465 e. The van der Waals surface area contributed by atoms with E-state index in [1.807, 2.05) is 26.0 Å². The summed E-state index contributed by atoms with van der Waals surface area (Å²) in [6.45, 7) is 3.52. The van der Waals surface area contributed by atoms with E-state index in [0.29, 0.717) is 11.4 Å². The van der Waals surface area contributed by atoms with Gasteiger partial charge in [-0.15, -0.1) is 0 Å². The monoisotopic (exact) mass is 356 g/mol. The van der Waals surface area contributed by atoms with E-state index in [0.717, 1.165) is 27.8 Å². The zero-order valence-electron chi connectivity index (χ0n) is 13.7. The Balaban J connectivity index is 1.69. The van der Waals surface area contributed by atoms with Crippen molar-refractivity contribution in [2.75, 3.05) is 11.9 Å². The van der Waals surface area contributed by atoms with Crippen LogP contribution in [0, 0.1) is 13.8 Å². The van der Waals surface area contributed by atoms with Crippen molar-refractivity contribution in [3.63, 3.8) is 0 Å². The SMILES string of the molecule is Cc1ccc(NC(=O)CN2C(=O)S/C(=C/c3ccco3)C2=O)c(C)c1. The number of hydrogen-bond acceptors (Lipinski definition) is 5. The number of anilines is 1. The van der Waals surface area contributed by atoms with Crippen molar-refractivity contribution in [1.29, 1.82) is 0 Å². The molecule has 25 heavy (non-hydrogen) atoms. The summed E-state index contributed by atoms with van der Waals surface area (Å²) < 4.78 is 5.15. The number of carbonyl (C=O) groups is 3. The summed E-state index contributed by atoms with van der Waals surface area (Å²) in [5.74, 6) is -0.444. The first kappa shape index (κ1) is 17.0. The molecule has 2 heterocycles. The van der Waals surface area contributed by atoms with Crippen molar-refractivity contribution >= 4 is 40.6 Å². The second-order valence-corrected chi connectivity index (χ2v) is 6.64. The van der Waals surface area contributed by atoms with Crippen LogP contribution >= 0.6 is 11.8 Å². The van der Waals surface area contributed by atoms with Gasteiger partial charge in [-0.1, -0.05) is 17.7 Å². The fourth-order valence-corrected chi connectivity index (χ4v) is 3.24. The normalized spacial score (nSPS) is 15.9. The van der Waals surface area contributed by atoms with Crippen molar-refractivity contribution in [3.8, 4) is 0 Å². The molecular weight excluding hydrogens is 340 g/mol. The number of imide groups is 1. The molecule has 0 bridgehead atoms. The number of furan rings is 1. The molecule has 1 aliphatic rings. The van der Waals surface area contributed by atoms with Crippen molar-refractivity contribution in [3.05, 3.63) is 58.4 Å². The van der Waals surface area contributed by atoms with Crippen LogP contribution in [0.25, 0.3) is 6.08 Å². The molecule has 0 radical (unpaired) electrons. The molecular formula is C18H16N2O4S. The fourth-order valence-electron chi connectivity index (χ4n) is 2.43.